The monoisotopic (exact) mass is 751 g/mol. The maximum absolute atomic E-state index is 12.7. The van der Waals surface area contributed by atoms with Crippen molar-refractivity contribution < 1.29 is 57.1 Å². The van der Waals surface area contributed by atoms with E-state index in [9.17, 15) is 19.2 Å². The van der Waals surface area contributed by atoms with Crippen LogP contribution < -0.4 is 0 Å². The van der Waals surface area contributed by atoms with Crippen molar-refractivity contribution in [3.8, 4) is 0 Å². The quantitative estimate of drug-likeness (QED) is 0.0673. The largest absolute Gasteiger partial charge is 0.469 e. The number of carbonyl (C=O) groups excluding carboxylic acids is 4. The summed E-state index contributed by atoms with van der Waals surface area (Å²) in [4.78, 5) is 49.7. The first-order valence-electron chi connectivity index (χ1n) is 19.0. The zero-order valence-electron chi connectivity index (χ0n) is 36.3. The lowest BCUT2D eigenvalue weighted by Crippen LogP contribution is -2.41. The smallest absolute Gasteiger partial charge is 0.337 e. The lowest BCUT2D eigenvalue weighted by Gasteiger charge is -2.31. The van der Waals surface area contributed by atoms with Gasteiger partial charge in [-0.25, -0.2) is 14.4 Å². The summed E-state index contributed by atoms with van der Waals surface area (Å²) in [6.07, 6.45) is 0.829. The average Bonchev–Trinajstić information content (AvgIpc) is 3.00. The minimum absolute atomic E-state index is 0.00168. The van der Waals surface area contributed by atoms with Crippen LogP contribution in [0.2, 0.25) is 0 Å². The van der Waals surface area contributed by atoms with Gasteiger partial charge in [-0.1, -0.05) is 40.5 Å². The van der Waals surface area contributed by atoms with Crippen LogP contribution in [0.15, 0.2) is 0 Å². The van der Waals surface area contributed by atoms with Crippen molar-refractivity contribution in [2.24, 2.45) is 5.92 Å². The zero-order valence-corrected chi connectivity index (χ0v) is 36.3. The molecule has 0 bridgehead atoms. The van der Waals surface area contributed by atoms with Crippen molar-refractivity contribution in [1.29, 1.82) is 0 Å². The van der Waals surface area contributed by atoms with E-state index in [0.717, 1.165) is 25.7 Å². The molecular weight excluding hydrogens is 672 g/mol. The van der Waals surface area contributed by atoms with Gasteiger partial charge in [0.25, 0.3) is 0 Å². The van der Waals surface area contributed by atoms with E-state index in [1.165, 1.54) is 7.11 Å². The standard InChI is InChI=1S/C23H42O8.C15H30O4.C2H6/c1-10-12-13-29-21(26)18(31-23(6,7)8)15-16(19(24)27-9)14-17(20(25)28-11-2)30-22(3,4)5;1-8-9-10-17-13(16)12(19-15(5,6)7)11-18-14(2,3)4;1-2/h16-18H,10-15H2,1-9H3;12H,8-11H2,1-7H3;1-2H3. The van der Waals surface area contributed by atoms with Crippen molar-refractivity contribution in [3.05, 3.63) is 0 Å². The third-order valence-electron chi connectivity index (χ3n) is 6.25. The second kappa shape index (κ2) is 27.3. The molecule has 0 aromatic carbocycles. The molecule has 12 nitrogen and oxygen atoms in total. The first-order chi connectivity index (χ1) is 23.8. The van der Waals surface area contributed by atoms with Crippen molar-refractivity contribution in [2.75, 3.05) is 33.5 Å². The van der Waals surface area contributed by atoms with Gasteiger partial charge in [-0.2, -0.15) is 0 Å². The molecule has 0 aliphatic rings. The molecule has 310 valence electrons. The predicted molar refractivity (Wildman–Crippen MR) is 204 cm³/mol. The molecule has 0 aromatic heterocycles. The molecule has 12 heteroatoms. The van der Waals surface area contributed by atoms with Crippen LogP contribution in [-0.2, 0) is 57.1 Å². The van der Waals surface area contributed by atoms with Gasteiger partial charge in [0.2, 0.25) is 0 Å². The molecule has 0 radical (unpaired) electrons. The Hall–Kier alpha value is -2.28. The predicted octanol–water partition coefficient (Wildman–Crippen LogP) is 8.18. The lowest BCUT2D eigenvalue weighted by atomic mass is 9.93. The van der Waals surface area contributed by atoms with Crippen LogP contribution in [0.5, 0.6) is 0 Å². The summed E-state index contributed by atoms with van der Waals surface area (Å²) in [5, 5.41) is 0. The summed E-state index contributed by atoms with van der Waals surface area (Å²) in [6.45, 7) is 33.3. The highest BCUT2D eigenvalue weighted by atomic mass is 16.6. The number of rotatable bonds is 20. The number of esters is 4. The van der Waals surface area contributed by atoms with Gasteiger partial charge < -0.3 is 37.9 Å². The van der Waals surface area contributed by atoms with E-state index in [1.54, 1.807) is 6.92 Å². The van der Waals surface area contributed by atoms with Crippen LogP contribution in [-0.4, -0.2) is 98.1 Å². The third kappa shape index (κ3) is 31.3. The Bertz CT molecular complexity index is 967. The SMILES string of the molecule is CC.CCCCOC(=O)C(CC(CC(OC(C)(C)C)C(=O)OCC)C(=O)OC)OC(C)(C)C.CCCCOC(=O)C(COC(C)(C)C)OC(C)(C)C. The van der Waals surface area contributed by atoms with Gasteiger partial charge in [0.05, 0.1) is 61.9 Å². The lowest BCUT2D eigenvalue weighted by molar-refractivity contribution is -0.177. The van der Waals surface area contributed by atoms with Crippen LogP contribution in [0.25, 0.3) is 0 Å². The highest BCUT2D eigenvalue weighted by Crippen LogP contribution is 2.26. The summed E-state index contributed by atoms with van der Waals surface area (Å²) in [6, 6.07) is 0. The third-order valence-corrected chi connectivity index (χ3v) is 6.25. The minimum atomic E-state index is -0.990. The summed E-state index contributed by atoms with van der Waals surface area (Å²) in [7, 11) is 1.26. The van der Waals surface area contributed by atoms with E-state index in [0.29, 0.717) is 6.61 Å². The number of carbonyl (C=O) groups is 4. The molecule has 0 heterocycles. The van der Waals surface area contributed by atoms with E-state index < -0.39 is 58.9 Å². The van der Waals surface area contributed by atoms with Crippen LogP contribution >= 0.6 is 0 Å². The Morgan fingerprint density at radius 3 is 1.15 bits per heavy atom. The zero-order chi connectivity index (χ0) is 41.3. The normalized spacial score (nSPS) is 14.3. The van der Waals surface area contributed by atoms with Gasteiger partial charge in [-0.15, -0.1) is 0 Å². The second-order valence-electron chi connectivity index (χ2n) is 16.1. The molecule has 0 amide bonds. The van der Waals surface area contributed by atoms with Crippen molar-refractivity contribution in [3.63, 3.8) is 0 Å². The number of unbranched alkanes of at least 4 members (excludes halogenated alkanes) is 2. The van der Waals surface area contributed by atoms with Crippen molar-refractivity contribution in [2.45, 2.75) is 197 Å². The van der Waals surface area contributed by atoms with Gasteiger partial charge in [-0.3, -0.25) is 4.79 Å². The summed E-state index contributed by atoms with van der Waals surface area (Å²) < 4.78 is 43.7. The van der Waals surface area contributed by atoms with Gasteiger partial charge in [0.1, 0.15) is 0 Å². The molecule has 0 rings (SSSR count). The molecule has 0 fully saturated rings. The van der Waals surface area contributed by atoms with Gasteiger partial charge in [0.15, 0.2) is 18.3 Å². The van der Waals surface area contributed by atoms with E-state index >= 15 is 0 Å². The molecule has 0 aliphatic carbocycles. The van der Waals surface area contributed by atoms with Crippen LogP contribution in [0, 0.1) is 5.92 Å². The van der Waals surface area contributed by atoms with E-state index in [-0.39, 0.29) is 44.2 Å². The van der Waals surface area contributed by atoms with E-state index in [1.807, 2.05) is 104 Å². The van der Waals surface area contributed by atoms with Crippen molar-refractivity contribution >= 4 is 23.9 Å². The van der Waals surface area contributed by atoms with Crippen LogP contribution in [0.3, 0.4) is 0 Å². The average molecular weight is 751 g/mol. The Morgan fingerprint density at radius 1 is 0.500 bits per heavy atom. The Kier molecular flexibility index (Phi) is 28.4. The molecule has 52 heavy (non-hydrogen) atoms. The van der Waals surface area contributed by atoms with E-state index in [4.69, 9.17) is 37.9 Å². The Balaban J connectivity index is -0.000000977. The topological polar surface area (TPSA) is 142 Å². The summed E-state index contributed by atoms with van der Waals surface area (Å²) in [5.74, 6) is -2.83. The molecule has 0 spiro atoms. The van der Waals surface area contributed by atoms with Crippen molar-refractivity contribution in [1.82, 2.24) is 0 Å². The molecule has 0 aliphatic heterocycles. The van der Waals surface area contributed by atoms with E-state index in [2.05, 4.69) is 6.92 Å². The highest BCUT2D eigenvalue weighted by Gasteiger charge is 2.37. The fourth-order valence-corrected chi connectivity index (χ4v) is 4.17. The fraction of sp³-hybridized carbons (Fsp3) is 0.900. The molecule has 0 aromatic rings. The second-order valence-corrected chi connectivity index (χ2v) is 16.1. The summed E-state index contributed by atoms with van der Waals surface area (Å²) in [5.41, 5.74) is -1.99. The van der Waals surface area contributed by atoms with Gasteiger partial charge >= 0.3 is 23.9 Å². The molecule has 4 atom stereocenters. The van der Waals surface area contributed by atoms with Gasteiger partial charge in [0, 0.05) is 0 Å². The first-order valence-corrected chi connectivity index (χ1v) is 19.0. The Morgan fingerprint density at radius 2 is 0.846 bits per heavy atom. The molecule has 0 saturated carbocycles. The van der Waals surface area contributed by atoms with Crippen LogP contribution in [0.4, 0.5) is 0 Å². The molecular formula is C40H78O12. The van der Waals surface area contributed by atoms with Crippen LogP contribution in [0.1, 0.15) is 156 Å². The minimum Gasteiger partial charge on any atom is -0.469 e. The molecule has 0 saturated heterocycles. The maximum atomic E-state index is 12.7. The fourth-order valence-electron chi connectivity index (χ4n) is 4.17. The number of hydrogen-bond donors (Lipinski definition) is 0. The summed E-state index contributed by atoms with van der Waals surface area (Å²) >= 11 is 0. The maximum Gasteiger partial charge on any atom is 0.337 e. The first kappa shape index (κ1) is 54.1. The number of methoxy groups -OCH3 is 1. The molecule has 0 N–H and O–H groups in total. The highest BCUT2D eigenvalue weighted by molar-refractivity contribution is 5.79. The Labute approximate surface area is 317 Å². The molecule has 4 unspecified atom stereocenters. The number of hydrogen-bond acceptors (Lipinski definition) is 12. The number of ether oxygens (including phenoxy) is 8. The van der Waals surface area contributed by atoms with Gasteiger partial charge in [-0.05, 0) is 116 Å².